The topological polar surface area (TPSA) is 44.7 Å². The molecule has 1 atom stereocenters. The number of nitrogens with zero attached hydrogens (tertiary/aromatic N) is 2. The smallest absolute Gasteiger partial charge is 0.252 e. The van der Waals surface area contributed by atoms with E-state index in [-0.39, 0.29) is 11.9 Å². The molecule has 0 fully saturated rings. The zero-order valence-electron chi connectivity index (χ0n) is 12.9. The lowest BCUT2D eigenvalue weighted by atomic mass is 9.99. The normalized spacial score (nSPS) is 21.1. The molecule has 2 aliphatic rings. The highest BCUT2D eigenvalue weighted by Gasteiger charge is 2.18. The van der Waals surface area contributed by atoms with Crippen molar-refractivity contribution in [2.75, 3.05) is 19.8 Å². The number of halogens is 1. The molecule has 3 rings (SSSR count). The number of aliphatic imine (C=N–C) groups is 1. The third-order valence-corrected chi connectivity index (χ3v) is 4.08. The van der Waals surface area contributed by atoms with Gasteiger partial charge in [-0.05, 0) is 30.2 Å². The average Bonchev–Trinajstić information content (AvgIpc) is 2.61. The van der Waals surface area contributed by atoms with Gasteiger partial charge in [0.1, 0.15) is 5.82 Å². The summed E-state index contributed by atoms with van der Waals surface area (Å²) in [6.07, 6.45) is 10.3. The molecule has 1 N–H and O–H groups in total. The second-order valence-corrected chi connectivity index (χ2v) is 5.72. The maximum absolute atomic E-state index is 13.1. The van der Waals surface area contributed by atoms with Gasteiger partial charge in [0, 0.05) is 31.3 Å². The van der Waals surface area contributed by atoms with Crippen LogP contribution in [0.1, 0.15) is 23.2 Å². The van der Waals surface area contributed by atoms with Crippen LogP contribution in [0.5, 0.6) is 0 Å². The van der Waals surface area contributed by atoms with Crippen LogP contribution in [0.2, 0.25) is 0 Å². The Labute approximate surface area is 135 Å². The number of carbonyl (C=O) groups is 1. The van der Waals surface area contributed by atoms with E-state index >= 15 is 0 Å². The summed E-state index contributed by atoms with van der Waals surface area (Å²) >= 11 is 0. The van der Waals surface area contributed by atoms with Gasteiger partial charge in [-0.1, -0.05) is 24.3 Å². The highest BCUT2D eigenvalue weighted by molar-refractivity contribution is 5.94. The van der Waals surface area contributed by atoms with E-state index in [0.717, 1.165) is 25.9 Å². The number of rotatable bonds is 4. The van der Waals surface area contributed by atoms with E-state index < -0.39 is 5.82 Å². The van der Waals surface area contributed by atoms with Crippen LogP contribution in [0.15, 0.2) is 53.1 Å². The number of amides is 1. The molecule has 0 saturated carbocycles. The van der Waals surface area contributed by atoms with Gasteiger partial charge in [0.2, 0.25) is 0 Å². The van der Waals surface area contributed by atoms with Crippen LogP contribution < -0.4 is 5.32 Å². The van der Waals surface area contributed by atoms with Crippen molar-refractivity contribution in [3.05, 3.63) is 59.4 Å². The van der Waals surface area contributed by atoms with Gasteiger partial charge in [0.05, 0.1) is 12.7 Å². The van der Waals surface area contributed by atoms with Crippen molar-refractivity contribution in [1.29, 1.82) is 0 Å². The molecule has 23 heavy (non-hydrogen) atoms. The standard InChI is InChI=1S/C18H20FN3O/c19-16-5-3-4-15(12-16)18(23)21-13-22-10-7-14(8-11-22)17-6-1-2-9-20-17/h1,3-7,9,12,17H,2,8,10-11,13H2,(H,21,23). The van der Waals surface area contributed by atoms with Crippen LogP contribution in [0.3, 0.4) is 0 Å². The lowest BCUT2D eigenvalue weighted by molar-refractivity contribution is 0.0924. The summed E-state index contributed by atoms with van der Waals surface area (Å²) in [6.45, 7) is 2.14. The van der Waals surface area contributed by atoms with Gasteiger partial charge in [-0.15, -0.1) is 0 Å². The van der Waals surface area contributed by atoms with E-state index in [9.17, 15) is 9.18 Å². The second kappa shape index (κ2) is 7.33. The van der Waals surface area contributed by atoms with Gasteiger partial charge >= 0.3 is 0 Å². The van der Waals surface area contributed by atoms with Gasteiger partial charge in [0.15, 0.2) is 0 Å². The molecule has 2 heterocycles. The molecule has 0 radical (unpaired) electrons. The van der Waals surface area contributed by atoms with Crippen LogP contribution in [-0.2, 0) is 0 Å². The minimum Gasteiger partial charge on any atom is -0.339 e. The maximum Gasteiger partial charge on any atom is 0.252 e. The molecule has 5 heteroatoms. The summed E-state index contributed by atoms with van der Waals surface area (Å²) < 4.78 is 13.1. The number of hydrogen-bond donors (Lipinski definition) is 1. The van der Waals surface area contributed by atoms with Gasteiger partial charge in [0.25, 0.3) is 5.91 Å². The van der Waals surface area contributed by atoms with Crippen LogP contribution in [-0.4, -0.2) is 42.8 Å². The van der Waals surface area contributed by atoms with E-state index in [1.807, 2.05) is 6.21 Å². The number of benzene rings is 1. The van der Waals surface area contributed by atoms with E-state index in [4.69, 9.17) is 0 Å². The fraction of sp³-hybridized carbons (Fsp3) is 0.333. The van der Waals surface area contributed by atoms with E-state index in [1.165, 1.54) is 17.7 Å². The first-order valence-electron chi connectivity index (χ1n) is 7.86. The van der Waals surface area contributed by atoms with E-state index in [1.54, 1.807) is 12.1 Å². The summed E-state index contributed by atoms with van der Waals surface area (Å²) in [5, 5.41) is 2.84. The van der Waals surface area contributed by atoms with Crippen LogP contribution >= 0.6 is 0 Å². The monoisotopic (exact) mass is 313 g/mol. The Hall–Kier alpha value is -2.27. The van der Waals surface area contributed by atoms with Crippen molar-refractivity contribution in [2.45, 2.75) is 18.9 Å². The second-order valence-electron chi connectivity index (χ2n) is 5.72. The van der Waals surface area contributed by atoms with E-state index in [0.29, 0.717) is 12.2 Å². The third-order valence-electron chi connectivity index (χ3n) is 4.08. The molecule has 0 bridgehead atoms. The quantitative estimate of drug-likeness (QED) is 0.868. The van der Waals surface area contributed by atoms with Crippen molar-refractivity contribution in [3.8, 4) is 0 Å². The number of dihydropyridines is 1. The lowest BCUT2D eigenvalue weighted by Gasteiger charge is -2.28. The van der Waals surface area contributed by atoms with Crippen molar-refractivity contribution in [2.24, 2.45) is 4.99 Å². The SMILES string of the molecule is O=C(NCN1CC=C(C2C=CCC=N2)CC1)c1cccc(F)c1. The van der Waals surface area contributed by atoms with Crippen molar-refractivity contribution >= 4 is 12.1 Å². The van der Waals surface area contributed by atoms with Gasteiger partial charge in [-0.3, -0.25) is 14.7 Å². The van der Waals surface area contributed by atoms with Crippen molar-refractivity contribution in [3.63, 3.8) is 0 Å². The zero-order chi connectivity index (χ0) is 16.1. The van der Waals surface area contributed by atoms with Crippen molar-refractivity contribution in [1.82, 2.24) is 10.2 Å². The molecule has 1 unspecified atom stereocenters. The van der Waals surface area contributed by atoms with Gasteiger partial charge < -0.3 is 5.32 Å². The molecule has 0 spiro atoms. The molecule has 0 aliphatic carbocycles. The Morgan fingerprint density at radius 2 is 2.35 bits per heavy atom. The largest absolute Gasteiger partial charge is 0.339 e. The summed E-state index contributed by atoms with van der Waals surface area (Å²) in [5.41, 5.74) is 1.69. The minimum atomic E-state index is -0.399. The molecular formula is C18H20FN3O. The highest BCUT2D eigenvalue weighted by atomic mass is 19.1. The van der Waals surface area contributed by atoms with E-state index in [2.05, 4.69) is 33.4 Å². The lowest BCUT2D eigenvalue weighted by Crippen LogP contribution is -2.40. The number of hydrogen-bond acceptors (Lipinski definition) is 3. The Kier molecular flexibility index (Phi) is 4.98. The fourth-order valence-electron chi connectivity index (χ4n) is 2.77. The third kappa shape index (κ3) is 4.13. The fourth-order valence-corrected chi connectivity index (χ4v) is 2.77. The van der Waals surface area contributed by atoms with Crippen molar-refractivity contribution < 1.29 is 9.18 Å². The average molecular weight is 313 g/mol. The van der Waals surface area contributed by atoms with Gasteiger partial charge in [-0.25, -0.2) is 4.39 Å². The molecule has 2 aliphatic heterocycles. The minimum absolute atomic E-state index is 0.188. The van der Waals surface area contributed by atoms with Crippen LogP contribution in [0.4, 0.5) is 4.39 Å². The molecule has 1 amide bonds. The molecular weight excluding hydrogens is 293 g/mol. The summed E-state index contributed by atoms with van der Waals surface area (Å²) in [4.78, 5) is 18.6. The Balaban J connectivity index is 1.50. The first-order chi connectivity index (χ1) is 11.2. The predicted molar refractivity (Wildman–Crippen MR) is 89.0 cm³/mol. The molecule has 0 saturated heterocycles. The first-order valence-corrected chi connectivity index (χ1v) is 7.86. The van der Waals surface area contributed by atoms with Crippen LogP contribution in [0.25, 0.3) is 0 Å². The highest BCUT2D eigenvalue weighted by Crippen LogP contribution is 2.19. The molecule has 120 valence electrons. The Morgan fingerprint density at radius 1 is 1.43 bits per heavy atom. The molecule has 1 aromatic carbocycles. The summed E-state index contributed by atoms with van der Waals surface area (Å²) in [5.74, 6) is -0.650. The van der Waals surface area contributed by atoms with Crippen LogP contribution in [0, 0.1) is 5.82 Å². The number of carbonyl (C=O) groups excluding carboxylic acids is 1. The maximum atomic E-state index is 13.1. The van der Waals surface area contributed by atoms with Gasteiger partial charge in [-0.2, -0.15) is 0 Å². The zero-order valence-corrected chi connectivity index (χ0v) is 12.9. The first kappa shape index (κ1) is 15.6. The molecule has 4 nitrogen and oxygen atoms in total. The molecule has 1 aromatic rings. The Morgan fingerprint density at radius 3 is 3.04 bits per heavy atom. The summed E-state index contributed by atoms with van der Waals surface area (Å²) in [6, 6.07) is 5.92. The number of nitrogens with one attached hydrogen (secondary N) is 1. The number of allylic oxidation sites excluding steroid dienone is 1. The molecule has 0 aromatic heterocycles. The predicted octanol–water partition coefficient (Wildman–Crippen LogP) is 2.54. The summed E-state index contributed by atoms with van der Waals surface area (Å²) in [7, 11) is 0. The Bertz CT molecular complexity index is 654.